The van der Waals surface area contributed by atoms with Gasteiger partial charge >= 0.3 is 0 Å². The standard InChI is InChI=1S/C17H28N2O2/c1-8-9-14-15(13(7)20)12(6)18-16(14)17(21)19(10(2)3)11(4)5/h10-11,18H,8-9H2,1-7H3. The number of carbonyl (C=O) groups is 2. The first-order valence-electron chi connectivity index (χ1n) is 7.77. The Hall–Kier alpha value is -1.58. The molecule has 0 fully saturated rings. The Morgan fingerprint density at radius 1 is 1.14 bits per heavy atom. The maximum atomic E-state index is 12.9. The average molecular weight is 292 g/mol. The Bertz CT molecular complexity index is 519. The van der Waals surface area contributed by atoms with Crippen molar-refractivity contribution in [1.82, 2.24) is 9.88 Å². The van der Waals surface area contributed by atoms with Crippen molar-refractivity contribution in [3.63, 3.8) is 0 Å². The number of aryl methyl sites for hydroxylation is 1. The van der Waals surface area contributed by atoms with Crippen LogP contribution in [0.5, 0.6) is 0 Å². The van der Waals surface area contributed by atoms with Gasteiger partial charge in [-0.25, -0.2) is 0 Å². The SMILES string of the molecule is CCCc1c(C(=O)N(C(C)C)C(C)C)[nH]c(C)c1C(C)=O. The summed E-state index contributed by atoms with van der Waals surface area (Å²) in [6, 6.07) is 0.243. The second-order valence-corrected chi connectivity index (χ2v) is 6.18. The number of aromatic amines is 1. The quantitative estimate of drug-likeness (QED) is 0.812. The normalized spacial score (nSPS) is 11.3. The van der Waals surface area contributed by atoms with Crippen LogP contribution < -0.4 is 0 Å². The summed E-state index contributed by atoms with van der Waals surface area (Å²) >= 11 is 0. The summed E-state index contributed by atoms with van der Waals surface area (Å²) in [5, 5.41) is 0. The molecule has 118 valence electrons. The molecule has 1 amide bonds. The number of H-pyrrole nitrogens is 1. The first-order valence-corrected chi connectivity index (χ1v) is 7.77. The van der Waals surface area contributed by atoms with E-state index in [1.54, 1.807) is 6.92 Å². The zero-order valence-electron chi connectivity index (χ0n) is 14.3. The molecule has 0 spiro atoms. The lowest BCUT2D eigenvalue weighted by Gasteiger charge is -2.30. The highest BCUT2D eigenvalue weighted by Gasteiger charge is 2.28. The van der Waals surface area contributed by atoms with Crippen molar-refractivity contribution in [3.05, 3.63) is 22.5 Å². The number of rotatable bonds is 6. The van der Waals surface area contributed by atoms with Crippen LogP contribution >= 0.6 is 0 Å². The Kier molecular flexibility index (Phi) is 5.76. The van der Waals surface area contributed by atoms with E-state index in [4.69, 9.17) is 0 Å². The molecule has 0 aliphatic carbocycles. The molecule has 1 aromatic heterocycles. The van der Waals surface area contributed by atoms with E-state index in [9.17, 15) is 9.59 Å². The third kappa shape index (κ3) is 3.55. The van der Waals surface area contributed by atoms with E-state index >= 15 is 0 Å². The van der Waals surface area contributed by atoms with E-state index in [1.807, 2.05) is 39.5 Å². The van der Waals surface area contributed by atoms with Crippen molar-refractivity contribution in [3.8, 4) is 0 Å². The van der Waals surface area contributed by atoms with Gasteiger partial charge in [-0.3, -0.25) is 9.59 Å². The van der Waals surface area contributed by atoms with Crippen LogP contribution in [0.1, 0.15) is 80.1 Å². The largest absolute Gasteiger partial charge is 0.354 e. The maximum Gasteiger partial charge on any atom is 0.271 e. The maximum absolute atomic E-state index is 12.9. The molecule has 1 N–H and O–H groups in total. The minimum absolute atomic E-state index is 0.0148. The van der Waals surface area contributed by atoms with Gasteiger partial charge < -0.3 is 9.88 Å². The van der Waals surface area contributed by atoms with Gasteiger partial charge in [0, 0.05) is 23.3 Å². The van der Waals surface area contributed by atoms with Gasteiger partial charge in [0.25, 0.3) is 5.91 Å². The lowest BCUT2D eigenvalue weighted by atomic mass is 10.0. The molecule has 1 aromatic rings. The minimum Gasteiger partial charge on any atom is -0.354 e. The smallest absolute Gasteiger partial charge is 0.271 e. The van der Waals surface area contributed by atoms with Crippen molar-refractivity contribution in [2.75, 3.05) is 0 Å². The number of nitrogens with zero attached hydrogens (tertiary/aromatic N) is 1. The van der Waals surface area contributed by atoms with E-state index in [0.717, 1.165) is 24.1 Å². The van der Waals surface area contributed by atoms with Crippen LogP contribution in [0.25, 0.3) is 0 Å². The fraction of sp³-hybridized carbons (Fsp3) is 0.647. The summed E-state index contributed by atoms with van der Waals surface area (Å²) in [7, 11) is 0. The molecule has 4 nitrogen and oxygen atoms in total. The lowest BCUT2D eigenvalue weighted by Crippen LogP contribution is -2.42. The summed E-state index contributed by atoms with van der Waals surface area (Å²) in [4.78, 5) is 29.8. The van der Waals surface area contributed by atoms with Gasteiger partial charge in [0.1, 0.15) is 5.69 Å². The number of hydrogen-bond donors (Lipinski definition) is 1. The molecule has 0 aliphatic heterocycles. The molecule has 1 rings (SSSR count). The van der Waals surface area contributed by atoms with Gasteiger partial charge in [0.15, 0.2) is 5.78 Å². The molecule has 0 aliphatic rings. The zero-order chi connectivity index (χ0) is 16.3. The molecule has 0 bridgehead atoms. The molecular formula is C17H28N2O2. The minimum atomic E-state index is -0.0148. The third-order valence-corrected chi connectivity index (χ3v) is 3.70. The van der Waals surface area contributed by atoms with Crippen LogP contribution in [0, 0.1) is 6.92 Å². The number of hydrogen-bond acceptors (Lipinski definition) is 2. The van der Waals surface area contributed by atoms with Crippen LogP contribution in [0.2, 0.25) is 0 Å². The van der Waals surface area contributed by atoms with E-state index in [1.165, 1.54) is 0 Å². The van der Waals surface area contributed by atoms with Crippen molar-refractivity contribution >= 4 is 11.7 Å². The molecule has 1 heterocycles. The van der Waals surface area contributed by atoms with Crippen LogP contribution in [-0.2, 0) is 6.42 Å². The van der Waals surface area contributed by atoms with Gasteiger partial charge in [-0.1, -0.05) is 13.3 Å². The Morgan fingerprint density at radius 2 is 1.67 bits per heavy atom. The van der Waals surface area contributed by atoms with Crippen molar-refractivity contribution < 1.29 is 9.59 Å². The van der Waals surface area contributed by atoms with E-state index in [0.29, 0.717) is 11.3 Å². The number of aromatic nitrogens is 1. The first kappa shape index (κ1) is 17.5. The fourth-order valence-corrected chi connectivity index (χ4v) is 3.03. The molecule has 0 unspecified atom stereocenters. The lowest BCUT2D eigenvalue weighted by molar-refractivity contribution is 0.0637. The topological polar surface area (TPSA) is 53.2 Å². The van der Waals surface area contributed by atoms with Crippen LogP contribution in [0.3, 0.4) is 0 Å². The Balaban J connectivity index is 3.38. The van der Waals surface area contributed by atoms with E-state index in [2.05, 4.69) is 11.9 Å². The van der Waals surface area contributed by atoms with Gasteiger partial charge in [0.2, 0.25) is 0 Å². The molecule has 0 aromatic carbocycles. The summed E-state index contributed by atoms with van der Waals surface area (Å²) in [5.74, 6) is 0.00550. The predicted octanol–water partition coefficient (Wildman–Crippen LogP) is 3.74. The molecule has 21 heavy (non-hydrogen) atoms. The Morgan fingerprint density at radius 3 is 2.05 bits per heavy atom. The second kappa shape index (κ2) is 6.92. The zero-order valence-corrected chi connectivity index (χ0v) is 14.3. The molecule has 0 atom stereocenters. The average Bonchev–Trinajstić information content (AvgIpc) is 2.65. The number of Topliss-reactive ketones (excluding diaryl/α,β-unsaturated/α-hetero) is 1. The highest BCUT2D eigenvalue weighted by atomic mass is 16.2. The highest BCUT2D eigenvalue weighted by Crippen LogP contribution is 2.24. The summed E-state index contributed by atoms with van der Waals surface area (Å²) in [6.45, 7) is 13.5. The number of carbonyl (C=O) groups excluding carboxylic acids is 2. The van der Waals surface area contributed by atoms with E-state index < -0.39 is 0 Å². The van der Waals surface area contributed by atoms with Crippen molar-refractivity contribution in [2.24, 2.45) is 0 Å². The highest BCUT2D eigenvalue weighted by molar-refractivity contribution is 6.02. The third-order valence-electron chi connectivity index (χ3n) is 3.70. The second-order valence-electron chi connectivity index (χ2n) is 6.18. The molecule has 0 radical (unpaired) electrons. The number of amides is 1. The monoisotopic (exact) mass is 292 g/mol. The van der Waals surface area contributed by atoms with Crippen LogP contribution in [0.4, 0.5) is 0 Å². The van der Waals surface area contributed by atoms with Gasteiger partial charge in [-0.05, 0) is 53.5 Å². The fourth-order valence-electron chi connectivity index (χ4n) is 3.03. The van der Waals surface area contributed by atoms with Gasteiger partial charge in [-0.2, -0.15) is 0 Å². The first-order chi connectivity index (χ1) is 9.72. The molecule has 4 heteroatoms. The summed E-state index contributed by atoms with van der Waals surface area (Å²) in [5.41, 5.74) is 2.94. The molecule has 0 saturated heterocycles. The molecular weight excluding hydrogens is 264 g/mol. The van der Waals surface area contributed by atoms with Crippen LogP contribution in [0.15, 0.2) is 0 Å². The summed E-state index contributed by atoms with van der Waals surface area (Å²) < 4.78 is 0. The number of nitrogens with one attached hydrogen (secondary N) is 1. The number of ketones is 1. The van der Waals surface area contributed by atoms with E-state index in [-0.39, 0.29) is 23.8 Å². The van der Waals surface area contributed by atoms with Crippen LogP contribution in [-0.4, -0.2) is 33.7 Å². The van der Waals surface area contributed by atoms with Gasteiger partial charge in [0.05, 0.1) is 0 Å². The van der Waals surface area contributed by atoms with Crippen molar-refractivity contribution in [1.29, 1.82) is 0 Å². The Labute approximate surface area is 127 Å². The van der Waals surface area contributed by atoms with Crippen molar-refractivity contribution in [2.45, 2.75) is 73.4 Å². The van der Waals surface area contributed by atoms with Gasteiger partial charge in [-0.15, -0.1) is 0 Å². The predicted molar refractivity (Wildman–Crippen MR) is 86.0 cm³/mol. The summed E-state index contributed by atoms with van der Waals surface area (Å²) in [6.07, 6.45) is 1.64. The molecule has 0 saturated carbocycles.